The summed E-state index contributed by atoms with van der Waals surface area (Å²) in [5.41, 5.74) is 1.20. The summed E-state index contributed by atoms with van der Waals surface area (Å²) in [5, 5.41) is 3.40. The molecular formula is C12H19N3O. The molecule has 4 heteroatoms. The third-order valence-electron chi connectivity index (χ3n) is 3.62. The van der Waals surface area contributed by atoms with Crippen molar-refractivity contribution in [3.8, 4) is 0 Å². The monoisotopic (exact) mass is 221 g/mol. The van der Waals surface area contributed by atoms with E-state index in [1.165, 1.54) is 18.5 Å². The Morgan fingerprint density at radius 3 is 3.00 bits per heavy atom. The van der Waals surface area contributed by atoms with Crippen LogP contribution in [0.5, 0.6) is 0 Å². The van der Waals surface area contributed by atoms with Crippen molar-refractivity contribution in [2.45, 2.75) is 32.2 Å². The topological polar surface area (TPSA) is 41.3 Å². The van der Waals surface area contributed by atoms with E-state index in [-0.39, 0.29) is 0 Å². The summed E-state index contributed by atoms with van der Waals surface area (Å²) in [6, 6.07) is 0.479. The third-order valence-corrected chi connectivity index (χ3v) is 3.62. The van der Waals surface area contributed by atoms with Gasteiger partial charge in [0.15, 0.2) is 5.89 Å². The van der Waals surface area contributed by atoms with Crippen LogP contribution in [0.1, 0.15) is 36.2 Å². The van der Waals surface area contributed by atoms with E-state index in [4.69, 9.17) is 4.42 Å². The van der Waals surface area contributed by atoms with Gasteiger partial charge in [-0.15, -0.1) is 0 Å². The van der Waals surface area contributed by atoms with E-state index in [1.807, 2.05) is 6.92 Å². The molecule has 1 saturated heterocycles. The smallest absolute Gasteiger partial charge is 0.191 e. The zero-order chi connectivity index (χ0) is 11.0. The number of aromatic nitrogens is 1. The first-order valence-electron chi connectivity index (χ1n) is 6.25. The SMILES string of the molecule is Cc1nc2c(o1)C(N1CCNCC1)CCC2. The molecule has 0 saturated carbocycles. The van der Waals surface area contributed by atoms with Crippen LogP contribution in [-0.4, -0.2) is 36.1 Å². The van der Waals surface area contributed by atoms with Gasteiger partial charge in [0.2, 0.25) is 0 Å². The standard InChI is InChI=1S/C12H19N3O/c1-9-14-10-3-2-4-11(12(10)16-9)15-7-5-13-6-8-15/h11,13H,2-8H2,1H3. The number of hydrogen-bond donors (Lipinski definition) is 1. The molecule has 0 amide bonds. The van der Waals surface area contributed by atoms with Crippen molar-refractivity contribution in [1.82, 2.24) is 15.2 Å². The first-order chi connectivity index (χ1) is 7.84. The third kappa shape index (κ3) is 1.76. The van der Waals surface area contributed by atoms with Crippen LogP contribution < -0.4 is 5.32 Å². The van der Waals surface area contributed by atoms with Crippen LogP contribution in [0.2, 0.25) is 0 Å². The van der Waals surface area contributed by atoms with Crippen LogP contribution in [-0.2, 0) is 6.42 Å². The van der Waals surface area contributed by atoms with Crippen molar-refractivity contribution < 1.29 is 4.42 Å². The molecule has 4 nitrogen and oxygen atoms in total. The fourth-order valence-corrected chi connectivity index (χ4v) is 2.86. The molecule has 3 rings (SSSR count). The Hall–Kier alpha value is -0.870. The maximum absolute atomic E-state index is 5.80. The molecule has 2 heterocycles. The summed E-state index contributed by atoms with van der Waals surface area (Å²) in [7, 11) is 0. The van der Waals surface area contributed by atoms with Gasteiger partial charge in [0.25, 0.3) is 0 Å². The number of piperazine rings is 1. The van der Waals surface area contributed by atoms with Crippen molar-refractivity contribution in [3.05, 3.63) is 17.3 Å². The van der Waals surface area contributed by atoms with Gasteiger partial charge in [0, 0.05) is 33.1 Å². The minimum atomic E-state index is 0.479. The molecule has 0 spiro atoms. The molecule has 1 N–H and O–H groups in total. The molecule has 1 unspecified atom stereocenters. The summed E-state index contributed by atoms with van der Waals surface area (Å²) >= 11 is 0. The summed E-state index contributed by atoms with van der Waals surface area (Å²) in [4.78, 5) is 7.03. The van der Waals surface area contributed by atoms with Crippen LogP contribution in [0.25, 0.3) is 0 Å². The summed E-state index contributed by atoms with van der Waals surface area (Å²) < 4.78 is 5.80. The van der Waals surface area contributed by atoms with Crippen molar-refractivity contribution >= 4 is 0 Å². The molecule has 0 bridgehead atoms. The Labute approximate surface area is 96.0 Å². The van der Waals surface area contributed by atoms with Crippen LogP contribution in [0.15, 0.2) is 4.42 Å². The lowest BCUT2D eigenvalue weighted by Gasteiger charge is -2.35. The first kappa shape index (κ1) is 10.3. The minimum Gasteiger partial charge on any atom is -0.444 e. The van der Waals surface area contributed by atoms with Gasteiger partial charge in [-0.3, -0.25) is 4.90 Å². The van der Waals surface area contributed by atoms with Gasteiger partial charge in [-0.25, -0.2) is 4.98 Å². The lowest BCUT2D eigenvalue weighted by Crippen LogP contribution is -2.45. The fraction of sp³-hybridized carbons (Fsp3) is 0.750. The molecule has 0 aromatic carbocycles. The van der Waals surface area contributed by atoms with Crippen molar-refractivity contribution in [1.29, 1.82) is 0 Å². The zero-order valence-corrected chi connectivity index (χ0v) is 9.83. The average Bonchev–Trinajstić information content (AvgIpc) is 2.70. The van der Waals surface area contributed by atoms with Gasteiger partial charge in [-0.05, 0) is 19.3 Å². The number of rotatable bonds is 1. The molecule has 1 aromatic heterocycles. The molecule has 0 radical (unpaired) electrons. The van der Waals surface area contributed by atoms with E-state index in [2.05, 4.69) is 15.2 Å². The highest BCUT2D eigenvalue weighted by Crippen LogP contribution is 2.34. The van der Waals surface area contributed by atoms with Gasteiger partial charge in [0.1, 0.15) is 5.76 Å². The van der Waals surface area contributed by atoms with Gasteiger partial charge < -0.3 is 9.73 Å². The van der Waals surface area contributed by atoms with Crippen LogP contribution in [0.3, 0.4) is 0 Å². The van der Waals surface area contributed by atoms with Gasteiger partial charge >= 0.3 is 0 Å². The maximum atomic E-state index is 5.80. The van der Waals surface area contributed by atoms with Gasteiger partial charge in [-0.1, -0.05) is 0 Å². The van der Waals surface area contributed by atoms with Crippen LogP contribution >= 0.6 is 0 Å². The maximum Gasteiger partial charge on any atom is 0.191 e. The fourth-order valence-electron chi connectivity index (χ4n) is 2.86. The molecule has 1 atom stereocenters. The number of oxazole rings is 1. The van der Waals surface area contributed by atoms with E-state index >= 15 is 0 Å². The van der Waals surface area contributed by atoms with E-state index in [0.717, 1.165) is 44.3 Å². The molecule has 1 aliphatic heterocycles. The Balaban J connectivity index is 1.85. The number of fused-ring (bicyclic) bond motifs is 1. The Morgan fingerprint density at radius 1 is 1.38 bits per heavy atom. The summed E-state index contributed by atoms with van der Waals surface area (Å²) in [6.07, 6.45) is 3.56. The first-order valence-corrected chi connectivity index (χ1v) is 6.25. The normalized spacial score (nSPS) is 26.7. The molecule has 88 valence electrons. The quantitative estimate of drug-likeness (QED) is 0.775. The molecule has 1 aromatic rings. The average molecular weight is 221 g/mol. The second-order valence-corrected chi connectivity index (χ2v) is 4.74. The molecular weight excluding hydrogens is 202 g/mol. The second kappa shape index (κ2) is 4.18. The lowest BCUT2D eigenvalue weighted by atomic mass is 9.95. The number of nitrogens with one attached hydrogen (secondary N) is 1. The minimum absolute atomic E-state index is 0.479. The van der Waals surface area contributed by atoms with Crippen LogP contribution in [0, 0.1) is 6.92 Å². The summed E-state index contributed by atoms with van der Waals surface area (Å²) in [5.74, 6) is 1.97. The highest BCUT2D eigenvalue weighted by Gasteiger charge is 2.30. The zero-order valence-electron chi connectivity index (χ0n) is 9.83. The summed E-state index contributed by atoms with van der Waals surface area (Å²) in [6.45, 7) is 6.40. The van der Waals surface area contributed by atoms with E-state index in [0.29, 0.717) is 6.04 Å². The van der Waals surface area contributed by atoms with E-state index in [9.17, 15) is 0 Å². The highest BCUT2D eigenvalue weighted by atomic mass is 16.4. The van der Waals surface area contributed by atoms with E-state index < -0.39 is 0 Å². The van der Waals surface area contributed by atoms with Crippen molar-refractivity contribution in [2.24, 2.45) is 0 Å². The van der Waals surface area contributed by atoms with Gasteiger partial charge in [0.05, 0.1) is 11.7 Å². The van der Waals surface area contributed by atoms with E-state index in [1.54, 1.807) is 0 Å². The number of nitrogens with zero attached hydrogens (tertiary/aromatic N) is 2. The predicted molar refractivity (Wildman–Crippen MR) is 61.4 cm³/mol. The second-order valence-electron chi connectivity index (χ2n) is 4.74. The molecule has 2 aliphatic rings. The van der Waals surface area contributed by atoms with Crippen molar-refractivity contribution in [2.75, 3.05) is 26.2 Å². The largest absolute Gasteiger partial charge is 0.444 e. The van der Waals surface area contributed by atoms with Crippen LogP contribution in [0.4, 0.5) is 0 Å². The highest BCUT2D eigenvalue weighted by molar-refractivity contribution is 5.17. The number of aryl methyl sites for hydroxylation is 2. The Bertz CT molecular complexity index is 368. The van der Waals surface area contributed by atoms with Crippen molar-refractivity contribution in [3.63, 3.8) is 0 Å². The molecule has 1 aliphatic carbocycles. The lowest BCUT2D eigenvalue weighted by molar-refractivity contribution is 0.137. The molecule has 1 fully saturated rings. The Morgan fingerprint density at radius 2 is 2.19 bits per heavy atom. The van der Waals surface area contributed by atoms with Gasteiger partial charge in [-0.2, -0.15) is 0 Å². The molecule has 16 heavy (non-hydrogen) atoms. The predicted octanol–water partition coefficient (Wildman–Crippen LogP) is 1.27. The Kier molecular flexibility index (Phi) is 2.69. The number of hydrogen-bond acceptors (Lipinski definition) is 4.